The molecule has 0 aliphatic rings. The number of unbranched alkanes of at least 4 members (excludes halogenated alkanes) is 5. The Kier molecular flexibility index (Phi) is 5.66. The maximum Gasteiger partial charge on any atom is 0.434 e. The summed E-state index contributed by atoms with van der Waals surface area (Å²) in [4.78, 5) is 14.0. The number of aryl methyl sites for hydroxylation is 1. The summed E-state index contributed by atoms with van der Waals surface area (Å²) < 4.78 is 1.58. The molecule has 1 rings (SSSR count). The number of rotatable bonds is 8. The van der Waals surface area contributed by atoms with Crippen LogP contribution in [0.4, 0.5) is 5.95 Å². The minimum atomic E-state index is -0.440. The lowest BCUT2D eigenvalue weighted by Gasteiger charge is -2.00. The molecule has 0 saturated carbocycles. The molecule has 1 aromatic rings. The normalized spacial score (nSPS) is 10.7. The van der Waals surface area contributed by atoms with Crippen LogP contribution in [0.3, 0.4) is 0 Å². The van der Waals surface area contributed by atoms with Gasteiger partial charge in [-0.05, 0) is 11.3 Å². The summed E-state index contributed by atoms with van der Waals surface area (Å²) in [5, 5.41) is 10.6. The molecule has 0 unspecified atom stereocenters. The van der Waals surface area contributed by atoms with Gasteiger partial charge in [0, 0.05) is 6.42 Å². The number of nitrogens with zero attached hydrogens (tertiary/aromatic N) is 3. The van der Waals surface area contributed by atoms with Crippen molar-refractivity contribution in [1.82, 2.24) is 9.55 Å². The molecule has 5 heteroatoms. The molecule has 0 N–H and O–H groups in total. The molecule has 5 nitrogen and oxygen atoms in total. The van der Waals surface area contributed by atoms with Crippen molar-refractivity contribution < 1.29 is 4.92 Å². The molecular weight excluding hydrogens is 218 g/mol. The highest BCUT2D eigenvalue weighted by Gasteiger charge is 2.16. The van der Waals surface area contributed by atoms with E-state index in [2.05, 4.69) is 11.9 Å². The second-order valence-electron chi connectivity index (χ2n) is 4.38. The van der Waals surface area contributed by atoms with Crippen LogP contribution in [-0.4, -0.2) is 14.5 Å². The van der Waals surface area contributed by atoms with Gasteiger partial charge in [0.25, 0.3) is 0 Å². The van der Waals surface area contributed by atoms with Crippen molar-refractivity contribution >= 4 is 5.95 Å². The zero-order valence-electron chi connectivity index (χ0n) is 10.7. The molecule has 0 radical (unpaired) electrons. The van der Waals surface area contributed by atoms with E-state index in [0.29, 0.717) is 0 Å². The summed E-state index contributed by atoms with van der Waals surface area (Å²) >= 11 is 0. The maximum atomic E-state index is 10.6. The highest BCUT2D eigenvalue weighted by atomic mass is 16.6. The SMILES string of the molecule is CCCCCCCCc1cnc([N+](=O)[O-])n1C. The van der Waals surface area contributed by atoms with Gasteiger partial charge in [-0.15, -0.1) is 0 Å². The molecule has 0 aliphatic heterocycles. The molecule has 0 amide bonds. The zero-order valence-corrected chi connectivity index (χ0v) is 10.7. The molecule has 0 atom stereocenters. The second kappa shape index (κ2) is 7.04. The Hall–Kier alpha value is -1.39. The fourth-order valence-electron chi connectivity index (χ4n) is 1.92. The van der Waals surface area contributed by atoms with E-state index in [0.717, 1.165) is 18.5 Å². The van der Waals surface area contributed by atoms with Gasteiger partial charge in [0.1, 0.15) is 11.9 Å². The minimum Gasteiger partial charge on any atom is -0.390 e. The Morgan fingerprint density at radius 3 is 2.53 bits per heavy atom. The van der Waals surface area contributed by atoms with E-state index >= 15 is 0 Å². The maximum absolute atomic E-state index is 10.6. The summed E-state index contributed by atoms with van der Waals surface area (Å²) in [6.07, 6.45) is 9.88. The van der Waals surface area contributed by atoms with Crippen LogP contribution in [0.5, 0.6) is 0 Å². The van der Waals surface area contributed by atoms with E-state index in [9.17, 15) is 10.1 Å². The standard InChI is InChI=1S/C12H21N3O2/c1-3-4-5-6-7-8-9-11-10-13-12(14(11)2)15(16)17/h10H,3-9H2,1-2H3. The highest BCUT2D eigenvalue weighted by Crippen LogP contribution is 2.14. The first-order valence-corrected chi connectivity index (χ1v) is 6.31. The molecular formula is C12H21N3O2. The highest BCUT2D eigenvalue weighted by molar-refractivity contribution is 5.14. The first kappa shape index (κ1) is 13.7. The van der Waals surface area contributed by atoms with Crippen molar-refractivity contribution in [2.24, 2.45) is 7.05 Å². The van der Waals surface area contributed by atoms with E-state index in [1.165, 1.54) is 32.1 Å². The molecule has 1 heterocycles. The molecule has 0 aromatic carbocycles. The van der Waals surface area contributed by atoms with Gasteiger partial charge in [-0.2, -0.15) is 0 Å². The summed E-state index contributed by atoms with van der Waals surface area (Å²) in [5.41, 5.74) is 0.951. The van der Waals surface area contributed by atoms with Crippen molar-refractivity contribution in [1.29, 1.82) is 0 Å². The van der Waals surface area contributed by atoms with E-state index in [1.807, 2.05) is 0 Å². The van der Waals surface area contributed by atoms with Crippen LogP contribution >= 0.6 is 0 Å². The van der Waals surface area contributed by atoms with Gasteiger partial charge in [0.2, 0.25) is 0 Å². The van der Waals surface area contributed by atoms with Gasteiger partial charge in [0.05, 0.1) is 7.05 Å². The van der Waals surface area contributed by atoms with Crippen LogP contribution in [0.1, 0.15) is 51.1 Å². The monoisotopic (exact) mass is 239 g/mol. The smallest absolute Gasteiger partial charge is 0.390 e. The Balaban J connectivity index is 2.30. The lowest BCUT2D eigenvalue weighted by Crippen LogP contribution is -2.02. The third-order valence-corrected chi connectivity index (χ3v) is 3.01. The zero-order chi connectivity index (χ0) is 12.7. The van der Waals surface area contributed by atoms with E-state index in [-0.39, 0.29) is 5.95 Å². The quantitative estimate of drug-likeness (QED) is 0.397. The summed E-state index contributed by atoms with van der Waals surface area (Å²) in [6.45, 7) is 2.20. The number of nitro groups is 1. The van der Waals surface area contributed by atoms with Crippen molar-refractivity contribution in [2.45, 2.75) is 51.9 Å². The summed E-state index contributed by atoms with van der Waals surface area (Å²) in [7, 11) is 1.71. The van der Waals surface area contributed by atoms with E-state index < -0.39 is 4.92 Å². The van der Waals surface area contributed by atoms with Crippen molar-refractivity contribution in [2.75, 3.05) is 0 Å². The second-order valence-corrected chi connectivity index (χ2v) is 4.38. The summed E-state index contributed by atoms with van der Waals surface area (Å²) in [5.74, 6) is -0.0639. The lowest BCUT2D eigenvalue weighted by molar-refractivity contribution is -0.396. The van der Waals surface area contributed by atoms with Crippen molar-refractivity contribution in [3.63, 3.8) is 0 Å². The van der Waals surface area contributed by atoms with Crippen LogP contribution in [0.25, 0.3) is 0 Å². The molecule has 96 valence electrons. The Morgan fingerprint density at radius 1 is 1.29 bits per heavy atom. The summed E-state index contributed by atoms with van der Waals surface area (Å²) in [6, 6.07) is 0. The van der Waals surface area contributed by atoms with Crippen LogP contribution in [0, 0.1) is 10.1 Å². The van der Waals surface area contributed by atoms with Gasteiger partial charge in [-0.25, -0.2) is 4.57 Å². The van der Waals surface area contributed by atoms with Gasteiger partial charge in [0.15, 0.2) is 0 Å². The number of hydrogen-bond acceptors (Lipinski definition) is 3. The average molecular weight is 239 g/mol. The fourth-order valence-corrected chi connectivity index (χ4v) is 1.92. The van der Waals surface area contributed by atoms with Crippen LogP contribution in [0.2, 0.25) is 0 Å². The van der Waals surface area contributed by atoms with E-state index in [1.54, 1.807) is 17.8 Å². The van der Waals surface area contributed by atoms with Crippen molar-refractivity contribution in [3.8, 4) is 0 Å². The topological polar surface area (TPSA) is 61.0 Å². The van der Waals surface area contributed by atoms with Crippen molar-refractivity contribution in [3.05, 3.63) is 22.0 Å². The Labute approximate surface area is 102 Å². The number of imidazole rings is 1. The van der Waals surface area contributed by atoms with Crippen LogP contribution in [-0.2, 0) is 13.5 Å². The molecule has 0 fully saturated rings. The van der Waals surface area contributed by atoms with E-state index in [4.69, 9.17) is 0 Å². The Bertz CT molecular complexity index is 361. The van der Waals surface area contributed by atoms with Gasteiger partial charge < -0.3 is 10.1 Å². The first-order chi connectivity index (χ1) is 8.16. The third-order valence-electron chi connectivity index (χ3n) is 3.01. The number of aromatic nitrogens is 2. The first-order valence-electron chi connectivity index (χ1n) is 6.31. The minimum absolute atomic E-state index is 0.0639. The number of hydrogen-bond donors (Lipinski definition) is 0. The van der Waals surface area contributed by atoms with Crippen LogP contribution < -0.4 is 0 Å². The third kappa shape index (κ3) is 4.17. The van der Waals surface area contributed by atoms with Crippen LogP contribution in [0.15, 0.2) is 6.20 Å². The molecule has 0 saturated heterocycles. The molecule has 17 heavy (non-hydrogen) atoms. The molecule has 0 bridgehead atoms. The average Bonchev–Trinajstić information content (AvgIpc) is 2.65. The lowest BCUT2D eigenvalue weighted by atomic mass is 10.1. The predicted molar refractivity (Wildman–Crippen MR) is 66.9 cm³/mol. The molecule has 1 aromatic heterocycles. The molecule has 0 spiro atoms. The fraction of sp³-hybridized carbons (Fsp3) is 0.750. The van der Waals surface area contributed by atoms with Gasteiger partial charge in [-0.3, -0.25) is 0 Å². The van der Waals surface area contributed by atoms with Gasteiger partial charge in [-0.1, -0.05) is 44.0 Å². The Morgan fingerprint density at radius 2 is 1.94 bits per heavy atom. The van der Waals surface area contributed by atoms with Gasteiger partial charge >= 0.3 is 5.95 Å². The molecule has 0 aliphatic carbocycles. The predicted octanol–water partition coefficient (Wildman–Crippen LogP) is 3.23. The largest absolute Gasteiger partial charge is 0.434 e.